The Morgan fingerprint density at radius 2 is 2.06 bits per heavy atom. The molecule has 0 fully saturated rings. The molecule has 2 rings (SSSR count). The lowest BCUT2D eigenvalue weighted by Crippen LogP contribution is -2.11. The second-order valence-corrected chi connectivity index (χ2v) is 5.23. The first-order valence-corrected chi connectivity index (χ1v) is 7.04. The van der Waals surface area contributed by atoms with Crippen molar-refractivity contribution in [1.29, 1.82) is 0 Å². The number of aryl methyl sites for hydroxylation is 1. The van der Waals surface area contributed by atoms with Crippen LogP contribution in [0.3, 0.4) is 0 Å². The van der Waals surface area contributed by atoms with E-state index in [0.717, 1.165) is 4.90 Å². The molecule has 18 heavy (non-hydrogen) atoms. The third-order valence-corrected chi connectivity index (χ3v) is 3.67. The first-order valence-electron chi connectivity index (χ1n) is 5.52. The monoisotopic (exact) mass is 280 g/mol. The zero-order chi connectivity index (χ0) is 13.0. The van der Waals surface area contributed by atoms with E-state index < -0.39 is 0 Å². The number of nitrogens with one attached hydrogen (secondary N) is 1. The van der Waals surface area contributed by atoms with Gasteiger partial charge in [0.15, 0.2) is 0 Å². The normalized spacial score (nSPS) is 10.6. The molecule has 0 aliphatic rings. The molecule has 0 saturated carbocycles. The summed E-state index contributed by atoms with van der Waals surface area (Å²) in [6, 6.07) is 9.67. The molecule has 0 spiro atoms. The quantitative estimate of drug-likeness (QED) is 0.691. The Bertz CT molecular complexity index is 580. The third kappa shape index (κ3) is 3.62. The van der Waals surface area contributed by atoms with Crippen LogP contribution in [-0.4, -0.2) is 9.97 Å². The molecule has 1 aromatic carbocycles. The van der Waals surface area contributed by atoms with Gasteiger partial charge in [0.05, 0.1) is 17.3 Å². The second kappa shape index (κ2) is 6.07. The minimum Gasteiger partial charge on any atom is -0.310 e. The maximum atomic E-state index is 11.4. The number of halogens is 1. The first kappa shape index (κ1) is 13.2. The van der Waals surface area contributed by atoms with E-state index in [-0.39, 0.29) is 11.4 Å². The molecule has 0 unspecified atom stereocenters. The summed E-state index contributed by atoms with van der Waals surface area (Å²) in [5, 5.41) is 0. The molecule has 94 valence electrons. The Labute approximate surface area is 115 Å². The van der Waals surface area contributed by atoms with E-state index in [1.54, 1.807) is 11.8 Å². The van der Waals surface area contributed by atoms with Crippen LogP contribution in [0.1, 0.15) is 17.1 Å². The van der Waals surface area contributed by atoms with Crippen LogP contribution in [0.4, 0.5) is 0 Å². The van der Waals surface area contributed by atoms with Crippen molar-refractivity contribution in [3.8, 4) is 0 Å². The molecular weight excluding hydrogens is 268 g/mol. The molecule has 0 bridgehead atoms. The summed E-state index contributed by atoms with van der Waals surface area (Å²) >= 11 is 7.32. The van der Waals surface area contributed by atoms with Gasteiger partial charge >= 0.3 is 0 Å². The molecule has 0 saturated heterocycles. The molecule has 1 heterocycles. The molecule has 2 aromatic rings. The number of nitrogens with zero attached hydrogens (tertiary/aromatic N) is 1. The zero-order valence-corrected chi connectivity index (χ0v) is 11.5. The smallest absolute Gasteiger partial charge is 0.251 e. The molecule has 0 amide bonds. The molecule has 3 nitrogen and oxygen atoms in total. The van der Waals surface area contributed by atoms with Gasteiger partial charge in [0.25, 0.3) is 5.56 Å². The predicted octanol–water partition coefficient (Wildman–Crippen LogP) is 3.11. The maximum Gasteiger partial charge on any atom is 0.251 e. The SMILES string of the molecule is Cc1ccc(SCc2nc(CCl)cc(=O)[nH]2)cc1. The summed E-state index contributed by atoms with van der Waals surface area (Å²) in [5.41, 5.74) is 1.69. The highest BCUT2D eigenvalue weighted by Crippen LogP contribution is 2.21. The molecule has 0 aliphatic carbocycles. The van der Waals surface area contributed by atoms with Crippen molar-refractivity contribution in [3.05, 3.63) is 57.8 Å². The van der Waals surface area contributed by atoms with Crippen LogP contribution in [0.5, 0.6) is 0 Å². The lowest BCUT2D eigenvalue weighted by atomic mass is 10.2. The molecule has 0 atom stereocenters. The Morgan fingerprint density at radius 1 is 1.33 bits per heavy atom. The molecule has 1 N–H and O–H groups in total. The number of H-pyrrole nitrogens is 1. The number of thioether (sulfide) groups is 1. The lowest BCUT2D eigenvalue weighted by Gasteiger charge is -2.03. The molecular formula is C13H13ClN2OS. The fourth-order valence-electron chi connectivity index (χ4n) is 1.49. The zero-order valence-electron chi connectivity index (χ0n) is 9.94. The van der Waals surface area contributed by atoms with Gasteiger partial charge in [-0.15, -0.1) is 23.4 Å². The second-order valence-electron chi connectivity index (χ2n) is 3.92. The Balaban J connectivity index is 2.08. The van der Waals surface area contributed by atoms with Gasteiger partial charge in [0, 0.05) is 11.0 Å². The Morgan fingerprint density at radius 3 is 2.72 bits per heavy atom. The van der Waals surface area contributed by atoms with Gasteiger partial charge in [-0.25, -0.2) is 4.98 Å². The lowest BCUT2D eigenvalue weighted by molar-refractivity contribution is 0.959. The Hall–Kier alpha value is -1.26. The number of hydrogen-bond acceptors (Lipinski definition) is 3. The summed E-state index contributed by atoms with van der Waals surface area (Å²) in [7, 11) is 0. The summed E-state index contributed by atoms with van der Waals surface area (Å²) in [6.45, 7) is 2.05. The predicted molar refractivity (Wildman–Crippen MR) is 75.2 cm³/mol. The average molecular weight is 281 g/mol. The summed E-state index contributed by atoms with van der Waals surface area (Å²) in [5.74, 6) is 1.54. The van der Waals surface area contributed by atoms with Crippen LogP contribution >= 0.6 is 23.4 Å². The van der Waals surface area contributed by atoms with Crippen molar-refractivity contribution in [1.82, 2.24) is 9.97 Å². The van der Waals surface area contributed by atoms with Gasteiger partial charge in [-0.05, 0) is 19.1 Å². The number of aromatic nitrogens is 2. The largest absolute Gasteiger partial charge is 0.310 e. The van der Waals surface area contributed by atoms with E-state index in [9.17, 15) is 4.79 Å². The van der Waals surface area contributed by atoms with E-state index in [1.807, 2.05) is 0 Å². The molecule has 0 aliphatic heterocycles. The molecule has 1 aromatic heterocycles. The van der Waals surface area contributed by atoms with Crippen molar-refractivity contribution in [2.45, 2.75) is 23.5 Å². The van der Waals surface area contributed by atoms with Gasteiger partial charge in [-0.2, -0.15) is 0 Å². The number of benzene rings is 1. The van der Waals surface area contributed by atoms with Gasteiger partial charge in [-0.3, -0.25) is 4.79 Å². The van der Waals surface area contributed by atoms with E-state index in [4.69, 9.17) is 11.6 Å². The highest BCUT2D eigenvalue weighted by Gasteiger charge is 2.02. The highest BCUT2D eigenvalue weighted by atomic mass is 35.5. The van der Waals surface area contributed by atoms with Crippen molar-refractivity contribution in [2.24, 2.45) is 0 Å². The summed E-state index contributed by atoms with van der Waals surface area (Å²) < 4.78 is 0. The minimum atomic E-state index is -0.153. The molecule has 5 heteroatoms. The number of aromatic amines is 1. The van der Waals surface area contributed by atoms with Gasteiger partial charge < -0.3 is 4.98 Å². The van der Waals surface area contributed by atoms with Gasteiger partial charge in [-0.1, -0.05) is 17.7 Å². The molecule has 0 radical (unpaired) electrons. The number of rotatable bonds is 4. The third-order valence-electron chi connectivity index (χ3n) is 2.38. The van der Waals surface area contributed by atoms with Crippen molar-refractivity contribution in [2.75, 3.05) is 0 Å². The number of alkyl halides is 1. The first-order chi connectivity index (χ1) is 8.67. The van der Waals surface area contributed by atoms with Crippen LogP contribution in [-0.2, 0) is 11.6 Å². The van der Waals surface area contributed by atoms with Crippen LogP contribution < -0.4 is 5.56 Å². The van der Waals surface area contributed by atoms with E-state index in [1.165, 1.54) is 11.6 Å². The topological polar surface area (TPSA) is 45.8 Å². The fourth-order valence-corrected chi connectivity index (χ4v) is 2.39. The van der Waals surface area contributed by atoms with Crippen LogP contribution in [0.25, 0.3) is 0 Å². The summed E-state index contributed by atoms with van der Waals surface area (Å²) in [4.78, 5) is 19.5. The number of hydrogen-bond donors (Lipinski definition) is 1. The Kier molecular flexibility index (Phi) is 4.44. The van der Waals surface area contributed by atoms with Gasteiger partial charge in [0.2, 0.25) is 0 Å². The standard InChI is InChI=1S/C13H13ClN2OS/c1-9-2-4-11(5-3-9)18-8-12-15-10(7-14)6-13(17)16-12/h2-6H,7-8H2,1H3,(H,15,16,17). The van der Waals surface area contributed by atoms with E-state index in [2.05, 4.69) is 41.2 Å². The summed E-state index contributed by atoms with van der Waals surface area (Å²) in [6.07, 6.45) is 0. The maximum absolute atomic E-state index is 11.4. The van der Waals surface area contributed by atoms with Crippen LogP contribution in [0.2, 0.25) is 0 Å². The van der Waals surface area contributed by atoms with E-state index in [0.29, 0.717) is 17.3 Å². The van der Waals surface area contributed by atoms with Crippen molar-refractivity contribution >= 4 is 23.4 Å². The van der Waals surface area contributed by atoms with Gasteiger partial charge in [0.1, 0.15) is 5.82 Å². The average Bonchev–Trinajstić information content (AvgIpc) is 2.37. The fraction of sp³-hybridized carbons (Fsp3) is 0.231. The highest BCUT2D eigenvalue weighted by molar-refractivity contribution is 7.98. The van der Waals surface area contributed by atoms with Crippen molar-refractivity contribution in [3.63, 3.8) is 0 Å². The van der Waals surface area contributed by atoms with Crippen LogP contribution in [0.15, 0.2) is 40.0 Å². The van der Waals surface area contributed by atoms with Crippen molar-refractivity contribution < 1.29 is 0 Å². The van der Waals surface area contributed by atoms with E-state index >= 15 is 0 Å². The van der Waals surface area contributed by atoms with Crippen LogP contribution in [0, 0.1) is 6.92 Å². The minimum absolute atomic E-state index is 0.153.